The van der Waals surface area contributed by atoms with E-state index in [1.807, 2.05) is 4.90 Å². The molecule has 1 fully saturated rings. The van der Waals surface area contributed by atoms with Gasteiger partial charge in [-0.1, -0.05) is 0 Å². The molecule has 0 radical (unpaired) electrons. The Balaban J connectivity index is 1.75. The highest BCUT2D eigenvalue weighted by atomic mass is 32.1. The summed E-state index contributed by atoms with van der Waals surface area (Å²) in [6.45, 7) is 3.73. The third kappa shape index (κ3) is 3.61. The number of carboxylic acids is 1. The minimum atomic E-state index is -1.28. The van der Waals surface area contributed by atoms with Crippen molar-refractivity contribution in [2.24, 2.45) is 0 Å². The first-order valence-electron chi connectivity index (χ1n) is 9.17. The Morgan fingerprint density at radius 2 is 2.21 bits per heavy atom. The molecule has 9 nitrogen and oxygen atoms in total. The first-order valence-corrected chi connectivity index (χ1v) is 10.0. The molecule has 0 bridgehead atoms. The normalized spacial score (nSPS) is 14.3. The summed E-state index contributed by atoms with van der Waals surface area (Å²) in [7, 11) is 0. The lowest BCUT2D eigenvalue weighted by molar-refractivity contribution is 0.0265. The third-order valence-corrected chi connectivity index (χ3v) is 5.60. The number of carbonyl (C=O) groups is 1. The molecular weight excluding hydrogens is 396 g/mol. The van der Waals surface area contributed by atoms with Crippen molar-refractivity contribution in [1.82, 2.24) is 14.5 Å². The smallest absolute Gasteiger partial charge is 0.341 e. The monoisotopic (exact) mass is 416 g/mol. The summed E-state index contributed by atoms with van der Waals surface area (Å²) >= 11 is 1.33. The van der Waals surface area contributed by atoms with Crippen molar-refractivity contribution in [2.75, 3.05) is 31.2 Å². The topological polar surface area (TPSA) is 118 Å². The average Bonchev–Trinajstić information content (AvgIpc) is 3.17. The summed E-state index contributed by atoms with van der Waals surface area (Å²) in [4.78, 5) is 35.3. The Morgan fingerprint density at radius 1 is 1.41 bits per heavy atom. The van der Waals surface area contributed by atoms with Gasteiger partial charge in [-0.25, -0.2) is 14.8 Å². The number of aliphatic hydroxyl groups excluding tert-OH is 1. The van der Waals surface area contributed by atoms with E-state index in [2.05, 4.69) is 9.97 Å². The Kier molecular flexibility index (Phi) is 5.31. The molecule has 3 aromatic rings. The van der Waals surface area contributed by atoms with Gasteiger partial charge in [0, 0.05) is 44.1 Å². The van der Waals surface area contributed by atoms with Crippen molar-refractivity contribution in [3.05, 3.63) is 45.2 Å². The van der Waals surface area contributed by atoms with Crippen LogP contribution < -0.4 is 10.3 Å². The predicted molar refractivity (Wildman–Crippen MR) is 108 cm³/mol. The Labute approximate surface area is 169 Å². The first kappa shape index (κ1) is 19.5. The van der Waals surface area contributed by atoms with Gasteiger partial charge >= 0.3 is 5.97 Å². The molecule has 1 aliphatic rings. The third-order valence-electron chi connectivity index (χ3n) is 4.83. The van der Waals surface area contributed by atoms with E-state index in [0.29, 0.717) is 48.3 Å². The van der Waals surface area contributed by atoms with Crippen LogP contribution in [0.4, 0.5) is 5.82 Å². The summed E-state index contributed by atoms with van der Waals surface area (Å²) in [5.74, 6) is -0.582. The number of hydrogen-bond acceptors (Lipinski definition) is 8. The summed E-state index contributed by atoms with van der Waals surface area (Å²) in [5, 5.41) is 20.9. The van der Waals surface area contributed by atoms with Crippen LogP contribution in [0.25, 0.3) is 16.2 Å². The van der Waals surface area contributed by atoms with Gasteiger partial charge in [0.15, 0.2) is 10.8 Å². The lowest BCUT2D eigenvalue weighted by Crippen LogP contribution is -2.52. The number of hydrogen-bond donors (Lipinski definition) is 2. The molecule has 0 aromatic carbocycles. The zero-order valence-corrected chi connectivity index (χ0v) is 16.6. The second-order valence-corrected chi connectivity index (χ2v) is 7.71. The number of fused-ring (bicyclic) bond motifs is 1. The molecule has 2 N–H and O–H groups in total. The fraction of sp³-hybridized carbons (Fsp3) is 0.368. The minimum Gasteiger partial charge on any atom is -0.477 e. The molecule has 4 rings (SSSR count). The summed E-state index contributed by atoms with van der Waals surface area (Å²) in [5.41, 5.74) is 0.181. The SMILES string of the molecule is Cc1cc(N2CC(OCCCO)C2)nc2c1c(=O)c(C(=O)O)cn2-c1nccs1. The standard InChI is InChI=1S/C19H20N4O5S/c1-11-7-14(22-8-12(9-22)28-5-2-4-24)21-17-15(11)16(25)13(18(26)27)10-23(17)19-20-3-6-29-19/h3,6-7,10,12,24H,2,4-5,8-9H2,1H3,(H,26,27). The molecule has 29 heavy (non-hydrogen) atoms. The summed E-state index contributed by atoms with van der Waals surface area (Å²) in [6.07, 6.45) is 3.59. The van der Waals surface area contributed by atoms with Crippen LogP contribution in [0.2, 0.25) is 0 Å². The molecule has 0 unspecified atom stereocenters. The van der Waals surface area contributed by atoms with Gasteiger partial charge in [0.2, 0.25) is 5.43 Å². The second-order valence-electron chi connectivity index (χ2n) is 6.83. The molecule has 0 aliphatic carbocycles. The van der Waals surface area contributed by atoms with Crippen molar-refractivity contribution in [3.8, 4) is 5.13 Å². The number of aromatic nitrogens is 3. The molecule has 1 saturated heterocycles. The molecule has 0 spiro atoms. The molecule has 152 valence electrons. The Bertz CT molecular complexity index is 1110. The van der Waals surface area contributed by atoms with Crippen molar-refractivity contribution in [2.45, 2.75) is 19.4 Å². The maximum atomic E-state index is 12.8. The summed E-state index contributed by atoms with van der Waals surface area (Å²) in [6, 6.07) is 1.80. The van der Waals surface area contributed by atoms with E-state index < -0.39 is 11.4 Å². The van der Waals surface area contributed by atoms with Crippen LogP contribution in [-0.2, 0) is 4.74 Å². The average molecular weight is 416 g/mol. The van der Waals surface area contributed by atoms with E-state index in [-0.39, 0.29) is 23.7 Å². The molecular formula is C19H20N4O5S. The number of ether oxygens (including phenoxy) is 1. The van der Waals surface area contributed by atoms with Gasteiger partial charge in [-0.3, -0.25) is 9.36 Å². The molecule has 0 atom stereocenters. The number of thiazole rings is 1. The minimum absolute atomic E-state index is 0.0786. The zero-order valence-electron chi connectivity index (χ0n) is 15.7. The van der Waals surface area contributed by atoms with Crippen LogP contribution >= 0.6 is 11.3 Å². The highest BCUT2D eigenvalue weighted by molar-refractivity contribution is 7.12. The van der Waals surface area contributed by atoms with Gasteiger partial charge in [-0.2, -0.15) is 0 Å². The highest BCUT2D eigenvalue weighted by Gasteiger charge is 2.29. The van der Waals surface area contributed by atoms with E-state index in [1.165, 1.54) is 17.5 Å². The predicted octanol–water partition coefficient (Wildman–Crippen LogP) is 1.44. The number of aliphatic hydroxyl groups is 1. The second kappa shape index (κ2) is 7.90. The largest absolute Gasteiger partial charge is 0.477 e. The van der Waals surface area contributed by atoms with Crippen molar-refractivity contribution < 1.29 is 19.7 Å². The van der Waals surface area contributed by atoms with Crippen molar-refractivity contribution in [1.29, 1.82) is 0 Å². The van der Waals surface area contributed by atoms with Gasteiger partial charge < -0.3 is 19.8 Å². The Hall–Kier alpha value is -2.82. The maximum absolute atomic E-state index is 12.8. The van der Waals surface area contributed by atoms with Crippen LogP contribution in [0.15, 0.2) is 28.6 Å². The molecule has 10 heteroatoms. The lowest BCUT2D eigenvalue weighted by atomic mass is 10.1. The van der Waals surface area contributed by atoms with Crippen molar-refractivity contribution >= 4 is 34.2 Å². The highest BCUT2D eigenvalue weighted by Crippen LogP contribution is 2.27. The van der Waals surface area contributed by atoms with Gasteiger partial charge in [0.25, 0.3) is 0 Å². The van der Waals surface area contributed by atoms with Crippen LogP contribution in [0.1, 0.15) is 22.3 Å². The lowest BCUT2D eigenvalue weighted by Gasteiger charge is -2.40. The van der Waals surface area contributed by atoms with Gasteiger partial charge in [-0.15, -0.1) is 11.3 Å². The molecule has 4 heterocycles. The van der Waals surface area contributed by atoms with Gasteiger partial charge in [0.1, 0.15) is 11.4 Å². The van der Waals surface area contributed by atoms with E-state index in [1.54, 1.807) is 29.1 Å². The number of nitrogens with zero attached hydrogens (tertiary/aromatic N) is 4. The number of rotatable bonds is 7. The molecule has 0 amide bonds. The summed E-state index contributed by atoms with van der Waals surface area (Å²) < 4.78 is 7.24. The van der Waals surface area contributed by atoms with Crippen molar-refractivity contribution in [3.63, 3.8) is 0 Å². The van der Waals surface area contributed by atoms with E-state index in [9.17, 15) is 14.7 Å². The number of pyridine rings is 2. The van der Waals surface area contributed by atoms with Crippen LogP contribution in [-0.4, -0.2) is 63.1 Å². The fourth-order valence-electron chi connectivity index (χ4n) is 3.32. The zero-order chi connectivity index (χ0) is 20.5. The molecule has 3 aromatic heterocycles. The maximum Gasteiger partial charge on any atom is 0.341 e. The number of aryl methyl sites for hydroxylation is 1. The van der Waals surface area contributed by atoms with Crippen LogP contribution in [0.5, 0.6) is 0 Å². The Morgan fingerprint density at radius 3 is 2.86 bits per heavy atom. The number of carboxylic acid groups (broad SMARTS) is 1. The van der Waals surface area contributed by atoms with E-state index in [0.717, 1.165) is 0 Å². The fourth-order valence-corrected chi connectivity index (χ4v) is 3.94. The van der Waals surface area contributed by atoms with Gasteiger partial charge in [-0.05, 0) is 25.0 Å². The van der Waals surface area contributed by atoms with E-state index >= 15 is 0 Å². The van der Waals surface area contributed by atoms with E-state index in [4.69, 9.17) is 9.84 Å². The number of aromatic carboxylic acids is 1. The molecule has 0 saturated carbocycles. The van der Waals surface area contributed by atoms with Crippen LogP contribution in [0.3, 0.4) is 0 Å². The number of anilines is 1. The quantitative estimate of drug-likeness (QED) is 0.556. The van der Waals surface area contributed by atoms with Crippen LogP contribution in [0, 0.1) is 6.92 Å². The first-order chi connectivity index (χ1) is 14.0. The molecule has 1 aliphatic heterocycles. The van der Waals surface area contributed by atoms with Gasteiger partial charge in [0.05, 0.1) is 11.5 Å².